The summed E-state index contributed by atoms with van der Waals surface area (Å²) in [6.45, 7) is 0. The van der Waals surface area contributed by atoms with Gasteiger partial charge in [-0.1, -0.05) is 11.6 Å². The molecule has 330 valence electrons. The molecule has 9 rings (SSSR count). The van der Waals surface area contributed by atoms with Gasteiger partial charge in [-0.25, -0.2) is 0 Å². The highest BCUT2D eigenvalue weighted by Crippen LogP contribution is 2.60. The molecule has 6 unspecified atom stereocenters. The van der Waals surface area contributed by atoms with E-state index in [4.69, 9.17) is 4.74 Å². The largest absolute Gasteiger partial charge is 0.503 e. The number of halogens is 2. The second-order valence-electron chi connectivity index (χ2n) is 16.9. The molecule has 0 aromatic heterocycles. The summed E-state index contributed by atoms with van der Waals surface area (Å²) in [5.41, 5.74) is 6.69. The second kappa shape index (κ2) is 17.5. The highest BCUT2D eigenvalue weighted by atomic mass is 79.9. The minimum Gasteiger partial charge on any atom is -0.503 e. The van der Waals surface area contributed by atoms with Crippen LogP contribution in [0, 0.1) is 29.6 Å². The number of methoxy groups -OCH3 is 1. The van der Waals surface area contributed by atoms with Crippen molar-refractivity contribution in [3.8, 4) is 11.5 Å². The fourth-order valence-corrected chi connectivity index (χ4v) is 10.6. The first kappa shape index (κ1) is 43.7. The lowest BCUT2D eigenvalue weighted by Crippen LogP contribution is -2.43. The summed E-state index contributed by atoms with van der Waals surface area (Å²) >= 11 is 7.18. The average molecular weight is 1000 g/mol. The van der Waals surface area contributed by atoms with Crippen LogP contribution < -0.4 is 24.3 Å². The number of azo groups is 2. The van der Waals surface area contributed by atoms with Crippen molar-refractivity contribution in [3.63, 3.8) is 0 Å². The number of carbonyl (C=O) groups excluding carboxylic acids is 4. The lowest BCUT2D eigenvalue weighted by atomic mass is 9.57. The van der Waals surface area contributed by atoms with Crippen molar-refractivity contribution < 1.29 is 29.0 Å². The summed E-state index contributed by atoms with van der Waals surface area (Å²) in [6, 6.07) is 30.5. The van der Waals surface area contributed by atoms with Crippen LogP contribution in [0.3, 0.4) is 0 Å². The molecule has 0 bridgehead atoms. The fraction of sp³-hybridized carbons (Fsp3) is 0.265. The number of ether oxygens (including phenoxy) is 1. The Morgan fingerprint density at radius 1 is 0.585 bits per heavy atom. The predicted octanol–water partition coefficient (Wildman–Crippen LogP) is 10.9. The van der Waals surface area contributed by atoms with Gasteiger partial charge in [0.05, 0.1) is 69.4 Å². The fourth-order valence-electron chi connectivity index (χ4n) is 9.64. The summed E-state index contributed by atoms with van der Waals surface area (Å²) in [6.07, 6.45) is 2.42. The van der Waals surface area contributed by atoms with Gasteiger partial charge in [0.2, 0.25) is 23.6 Å². The third-order valence-electron chi connectivity index (χ3n) is 12.9. The van der Waals surface area contributed by atoms with E-state index in [9.17, 15) is 24.3 Å². The van der Waals surface area contributed by atoms with E-state index in [1.54, 1.807) is 54.6 Å². The molecule has 5 aromatic rings. The van der Waals surface area contributed by atoms with E-state index < -0.39 is 47.3 Å². The number of carbonyl (C=O) groups is 4. The summed E-state index contributed by atoms with van der Waals surface area (Å²) < 4.78 is 6.37. The van der Waals surface area contributed by atoms with E-state index in [0.717, 1.165) is 16.9 Å². The zero-order chi connectivity index (χ0) is 45.8. The molecule has 5 aromatic carbocycles. The molecule has 2 aliphatic carbocycles. The van der Waals surface area contributed by atoms with Crippen LogP contribution in [-0.2, 0) is 19.2 Å². The van der Waals surface area contributed by atoms with E-state index in [1.165, 1.54) is 16.9 Å². The number of benzene rings is 5. The number of hydrogen-bond acceptors (Lipinski definition) is 12. The van der Waals surface area contributed by atoms with Crippen LogP contribution in [0.25, 0.3) is 0 Å². The van der Waals surface area contributed by atoms with Crippen LogP contribution in [0.2, 0.25) is 0 Å². The number of rotatable bonds is 10. The molecule has 14 nitrogen and oxygen atoms in total. The summed E-state index contributed by atoms with van der Waals surface area (Å²) in [4.78, 5) is 65.0. The SMILES string of the molecule is COc1cc(C2C3=CCC4C(=O)N(c5ccc(N=Nc6ccc(N(C)C)cc6)cc5)C(=O)C4C3CC3C(=O)N(c4ccc(N=Nc5ccc(N(C)C)cc5)cc4)C(=O)C32)c(Br)c(Br)c1O. The quantitative estimate of drug-likeness (QED) is 0.0822. The molecule has 1 saturated carbocycles. The number of phenolic OH excluding ortho intramolecular Hbond substituents is 1. The van der Waals surface area contributed by atoms with Crippen molar-refractivity contribution in [3.05, 3.63) is 129 Å². The number of aromatic hydroxyl groups is 1. The van der Waals surface area contributed by atoms with Crippen molar-refractivity contribution in [1.82, 2.24) is 0 Å². The Balaban J connectivity index is 1.02. The van der Waals surface area contributed by atoms with Crippen LogP contribution >= 0.6 is 31.9 Å². The zero-order valence-corrected chi connectivity index (χ0v) is 39.3. The Labute approximate surface area is 392 Å². The third-order valence-corrected chi connectivity index (χ3v) is 15.0. The topological polar surface area (TPSA) is 160 Å². The van der Waals surface area contributed by atoms with Gasteiger partial charge >= 0.3 is 0 Å². The third kappa shape index (κ3) is 7.81. The average Bonchev–Trinajstić information content (AvgIpc) is 3.72. The molecule has 6 atom stereocenters. The number of nitrogens with zero attached hydrogens (tertiary/aromatic N) is 8. The Morgan fingerprint density at radius 2 is 1.02 bits per heavy atom. The molecule has 2 saturated heterocycles. The Hall–Kier alpha value is -6.52. The lowest BCUT2D eigenvalue weighted by Gasteiger charge is -2.44. The highest BCUT2D eigenvalue weighted by molar-refractivity contribution is 9.13. The van der Waals surface area contributed by atoms with Gasteiger partial charge in [-0.3, -0.25) is 29.0 Å². The number of allylic oxidation sites excluding steroid dienone is 2. The van der Waals surface area contributed by atoms with Gasteiger partial charge in [0.1, 0.15) is 0 Å². The summed E-state index contributed by atoms with van der Waals surface area (Å²) in [5, 5.41) is 28.4. The van der Waals surface area contributed by atoms with Crippen molar-refractivity contribution in [1.29, 1.82) is 0 Å². The van der Waals surface area contributed by atoms with Crippen LogP contribution in [-0.4, -0.2) is 64.0 Å². The van der Waals surface area contributed by atoms with Crippen molar-refractivity contribution in [2.45, 2.75) is 18.8 Å². The van der Waals surface area contributed by atoms with Crippen molar-refractivity contribution in [2.24, 2.45) is 50.0 Å². The van der Waals surface area contributed by atoms with Crippen LogP contribution in [0.15, 0.2) is 144 Å². The molecule has 1 N–H and O–H groups in total. The van der Waals surface area contributed by atoms with Crippen molar-refractivity contribution >= 4 is 101 Å². The van der Waals surface area contributed by atoms with Crippen LogP contribution in [0.5, 0.6) is 11.5 Å². The minimum absolute atomic E-state index is 0.138. The Kier molecular flexibility index (Phi) is 11.7. The standard InChI is InChI=1S/C49H44Br2N8O6/c1-56(2)30-14-6-26(7-15-30)52-54-28-10-18-32(19-11-28)58-46(61)35-23-22-34-36(41(35)48(58)63)24-38-42(40(34)37-25-39(65-5)45(60)44(51)43(37)50)49(64)59(47(38)62)33-20-12-29(13-21-33)55-53-27-8-16-31(17-9-27)57(3)4/h6-22,25,35-36,38,40-42,60H,23-24H2,1-5H3. The number of anilines is 4. The molecule has 4 amide bonds. The Bertz CT molecular complexity index is 2810. The van der Waals surface area contributed by atoms with Gasteiger partial charge in [0, 0.05) is 50.0 Å². The van der Waals surface area contributed by atoms with Gasteiger partial charge in [0.25, 0.3) is 0 Å². The molecule has 2 heterocycles. The number of amides is 4. The monoisotopic (exact) mass is 998 g/mol. The number of fused-ring (bicyclic) bond motifs is 4. The van der Waals surface area contributed by atoms with E-state index in [1.807, 2.05) is 92.6 Å². The van der Waals surface area contributed by atoms with Crippen molar-refractivity contribution in [2.75, 3.05) is 54.9 Å². The minimum atomic E-state index is -0.862. The summed E-state index contributed by atoms with van der Waals surface area (Å²) in [5.74, 6) is -5.85. The first-order valence-electron chi connectivity index (χ1n) is 21.0. The van der Waals surface area contributed by atoms with Crippen LogP contribution in [0.1, 0.15) is 24.3 Å². The molecule has 0 spiro atoms. The van der Waals surface area contributed by atoms with Crippen LogP contribution in [0.4, 0.5) is 45.5 Å². The lowest BCUT2D eigenvalue weighted by molar-refractivity contribution is -0.126. The molecule has 2 aliphatic heterocycles. The van der Waals surface area contributed by atoms with E-state index in [0.29, 0.717) is 48.6 Å². The first-order valence-corrected chi connectivity index (χ1v) is 22.6. The van der Waals surface area contributed by atoms with E-state index in [2.05, 4.69) is 52.3 Å². The van der Waals surface area contributed by atoms with E-state index >= 15 is 0 Å². The maximum absolute atomic E-state index is 14.9. The van der Waals surface area contributed by atoms with E-state index in [-0.39, 0.29) is 36.2 Å². The maximum atomic E-state index is 14.9. The first-order chi connectivity index (χ1) is 31.2. The second-order valence-corrected chi connectivity index (χ2v) is 18.5. The molecule has 65 heavy (non-hydrogen) atoms. The van der Waals surface area contributed by atoms with Gasteiger partial charge < -0.3 is 19.6 Å². The predicted molar refractivity (Wildman–Crippen MR) is 255 cm³/mol. The normalized spacial score (nSPS) is 22.7. The molecule has 3 fully saturated rings. The molecular formula is C49H44Br2N8O6. The number of phenols is 1. The zero-order valence-electron chi connectivity index (χ0n) is 36.1. The van der Waals surface area contributed by atoms with Gasteiger partial charge in [0.15, 0.2) is 11.5 Å². The molecule has 16 heteroatoms. The summed E-state index contributed by atoms with van der Waals surface area (Å²) in [7, 11) is 9.28. The number of hydrogen-bond donors (Lipinski definition) is 1. The molecular weight excluding hydrogens is 956 g/mol. The number of imide groups is 2. The van der Waals surface area contributed by atoms with Gasteiger partial charge in [-0.2, -0.15) is 20.5 Å². The van der Waals surface area contributed by atoms with Gasteiger partial charge in [-0.15, -0.1) is 0 Å². The smallest absolute Gasteiger partial charge is 0.238 e. The Morgan fingerprint density at radius 3 is 1.46 bits per heavy atom. The molecule has 0 radical (unpaired) electrons. The van der Waals surface area contributed by atoms with Gasteiger partial charge in [-0.05, 0) is 159 Å². The highest BCUT2D eigenvalue weighted by Gasteiger charge is 2.62. The molecule has 4 aliphatic rings. The maximum Gasteiger partial charge on any atom is 0.238 e.